The molecule has 5 rings (SSSR count). The first kappa shape index (κ1) is 16.6. The number of Topliss-reactive ketones (excluding diaryl/α,β-unsaturated/α-hetero) is 1. The first-order valence-electron chi connectivity index (χ1n) is 8.52. The first-order valence-corrected chi connectivity index (χ1v) is 8.52. The fourth-order valence-electron chi connectivity index (χ4n) is 3.98. The smallest absolute Gasteiger partial charge is 0.355 e. The van der Waals surface area contributed by atoms with Crippen LogP contribution in [0.15, 0.2) is 54.6 Å². The molecule has 0 bridgehead atoms. The van der Waals surface area contributed by atoms with Gasteiger partial charge in [-0.1, -0.05) is 36.4 Å². The molecule has 2 N–H and O–H groups in total. The predicted molar refractivity (Wildman–Crippen MR) is 96.3 cm³/mol. The number of ketones is 1. The van der Waals surface area contributed by atoms with E-state index in [4.69, 9.17) is 14.2 Å². The predicted octanol–water partition coefficient (Wildman–Crippen LogP) is 2.27. The fourth-order valence-corrected chi connectivity index (χ4v) is 3.98. The summed E-state index contributed by atoms with van der Waals surface area (Å²) in [7, 11) is 1.04. The minimum absolute atomic E-state index is 0.0388. The quantitative estimate of drug-likeness (QED) is 0.495. The Hall–Kier alpha value is -3.58. The van der Waals surface area contributed by atoms with Crippen molar-refractivity contribution in [3.8, 4) is 17.2 Å². The Balaban J connectivity index is 1.86. The molecule has 7 heteroatoms. The van der Waals surface area contributed by atoms with Crippen molar-refractivity contribution in [2.24, 2.45) is 0 Å². The molecule has 3 aromatic carbocycles. The van der Waals surface area contributed by atoms with Gasteiger partial charge in [0.25, 0.3) is 0 Å². The van der Waals surface area contributed by atoms with Gasteiger partial charge in [0, 0.05) is 0 Å². The number of fused-ring (bicyclic) bond motifs is 2. The third kappa shape index (κ3) is 1.72. The molecule has 2 aliphatic rings. The van der Waals surface area contributed by atoms with Crippen LogP contribution in [0, 0.1) is 0 Å². The zero-order chi connectivity index (χ0) is 19.7. The van der Waals surface area contributed by atoms with Crippen molar-refractivity contribution < 1.29 is 34.0 Å². The van der Waals surface area contributed by atoms with E-state index >= 15 is 0 Å². The summed E-state index contributed by atoms with van der Waals surface area (Å²) in [5.74, 6) is -4.30. The Morgan fingerprint density at radius 1 is 1.00 bits per heavy atom. The molecule has 1 aliphatic heterocycles. The van der Waals surface area contributed by atoms with E-state index in [9.17, 15) is 19.8 Å². The van der Waals surface area contributed by atoms with Crippen molar-refractivity contribution in [2.45, 2.75) is 11.4 Å². The van der Waals surface area contributed by atoms with Crippen molar-refractivity contribution in [3.05, 3.63) is 65.7 Å². The number of aliphatic hydroxyl groups is 1. The average molecular weight is 378 g/mol. The Morgan fingerprint density at radius 2 is 1.61 bits per heavy atom. The summed E-state index contributed by atoms with van der Waals surface area (Å²) in [4.78, 5) is 25.7. The number of hydrogen-bond donors (Lipinski definition) is 2. The zero-order valence-corrected chi connectivity index (χ0v) is 14.6. The molecule has 7 nitrogen and oxygen atoms in total. The van der Waals surface area contributed by atoms with Crippen LogP contribution in [0.25, 0.3) is 10.8 Å². The number of rotatable bonds is 1. The highest BCUT2D eigenvalue weighted by atomic mass is 16.7. The molecule has 0 amide bonds. The number of methoxy groups -OCH3 is 1. The normalized spacial score (nSPS) is 21.1. The van der Waals surface area contributed by atoms with E-state index in [0.717, 1.165) is 12.5 Å². The maximum Gasteiger partial charge on any atom is 0.355 e. The van der Waals surface area contributed by atoms with E-state index in [-0.39, 0.29) is 11.1 Å². The van der Waals surface area contributed by atoms with Crippen molar-refractivity contribution >= 4 is 22.5 Å². The Labute approximate surface area is 158 Å². The van der Waals surface area contributed by atoms with Gasteiger partial charge in [0.15, 0.2) is 0 Å². The lowest BCUT2D eigenvalue weighted by Crippen LogP contribution is -2.64. The third-order valence-corrected chi connectivity index (χ3v) is 5.25. The average Bonchev–Trinajstić information content (AvgIpc) is 2.88. The SMILES string of the molecule is COC(=O)[C@@]1(O)C(=O)c2c(O)cccc2C12Oc1cccc3cccc(c13)O2. The van der Waals surface area contributed by atoms with Gasteiger partial charge in [-0.3, -0.25) is 4.79 Å². The molecular formula is C21H14O7. The van der Waals surface area contributed by atoms with Gasteiger partial charge < -0.3 is 24.4 Å². The molecule has 1 atom stereocenters. The van der Waals surface area contributed by atoms with Crippen LogP contribution in [0.3, 0.4) is 0 Å². The minimum atomic E-state index is -2.85. The van der Waals surface area contributed by atoms with Crippen LogP contribution < -0.4 is 9.47 Å². The van der Waals surface area contributed by atoms with Crippen LogP contribution in [0.4, 0.5) is 0 Å². The number of ether oxygens (including phenoxy) is 3. The number of esters is 1. The van der Waals surface area contributed by atoms with E-state index in [1.165, 1.54) is 18.2 Å². The van der Waals surface area contributed by atoms with E-state index in [1.807, 2.05) is 12.1 Å². The standard InChI is InChI=1S/C21H14O7/c1-26-19(24)20(25)18(23)17-12(7-4-8-13(17)22)21(20)27-14-9-2-5-11-6-3-10-15(28-21)16(11)14/h2-10,22,25H,1H3/t20-/m0/s1. The highest BCUT2D eigenvalue weighted by Crippen LogP contribution is 2.55. The Morgan fingerprint density at radius 3 is 2.21 bits per heavy atom. The number of carbonyl (C=O) groups excluding carboxylic acids is 2. The number of hydrogen-bond acceptors (Lipinski definition) is 7. The van der Waals surface area contributed by atoms with Crippen LogP contribution in [0.2, 0.25) is 0 Å². The molecule has 1 aliphatic carbocycles. The summed E-state index contributed by atoms with van der Waals surface area (Å²) in [5.41, 5.74) is -3.06. The lowest BCUT2D eigenvalue weighted by Gasteiger charge is -2.42. The summed E-state index contributed by atoms with van der Waals surface area (Å²) in [6.45, 7) is 0. The van der Waals surface area contributed by atoms with E-state index in [1.54, 1.807) is 24.3 Å². The van der Waals surface area contributed by atoms with Gasteiger partial charge in [0.05, 0.1) is 23.6 Å². The van der Waals surface area contributed by atoms with Crippen molar-refractivity contribution in [2.75, 3.05) is 7.11 Å². The lowest BCUT2D eigenvalue weighted by molar-refractivity contribution is -0.233. The molecule has 1 heterocycles. The number of benzene rings is 3. The maximum atomic E-state index is 13.1. The number of aromatic hydroxyl groups is 1. The third-order valence-electron chi connectivity index (χ3n) is 5.25. The molecule has 0 saturated heterocycles. The second-order valence-electron chi connectivity index (χ2n) is 6.66. The van der Waals surface area contributed by atoms with Crippen LogP contribution in [0.1, 0.15) is 15.9 Å². The first-order chi connectivity index (χ1) is 13.4. The second kappa shape index (κ2) is 5.24. The van der Waals surface area contributed by atoms with Gasteiger partial charge in [-0.05, 0) is 23.6 Å². The molecule has 0 aromatic heterocycles. The number of phenolic OH excluding ortho intramolecular Hbond substituents is 1. The number of carbonyl (C=O) groups is 2. The largest absolute Gasteiger partial charge is 0.507 e. The van der Waals surface area contributed by atoms with Gasteiger partial charge in [-0.15, -0.1) is 0 Å². The summed E-state index contributed by atoms with van der Waals surface area (Å²) < 4.78 is 16.8. The topological polar surface area (TPSA) is 102 Å². The molecular weight excluding hydrogens is 364 g/mol. The minimum Gasteiger partial charge on any atom is -0.507 e. The summed E-state index contributed by atoms with van der Waals surface area (Å²) >= 11 is 0. The lowest BCUT2D eigenvalue weighted by atomic mass is 9.91. The number of phenols is 1. The van der Waals surface area contributed by atoms with Crippen LogP contribution in [-0.2, 0) is 15.3 Å². The zero-order valence-electron chi connectivity index (χ0n) is 14.6. The van der Waals surface area contributed by atoms with Crippen molar-refractivity contribution in [1.29, 1.82) is 0 Å². The highest BCUT2D eigenvalue weighted by Gasteiger charge is 2.74. The summed E-state index contributed by atoms with van der Waals surface area (Å²) in [5, 5.41) is 23.1. The summed E-state index contributed by atoms with van der Waals surface area (Å²) in [6, 6.07) is 14.7. The molecule has 0 unspecified atom stereocenters. The molecule has 0 saturated carbocycles. The molecule has 3 aromatic rings. The molecule has 140 valence electrons. The summed E-state index contributed by atoms with van der Waals surface area (Å²) in [6.07, 6.45) is 0. The van der Waals surface area contributed by atoms with Crippen LogP contribution >= 0.6 is 0 Å². The molecule has 28 heavy (non-hydrogen) atoms. The van der Waals surface area contributed by atoms with Crippen LogP contribution in [-0.4, -0.2) is 34.7 Å². The monoisotopic (exact) mass is 378 g/mol. The van der Waals surface area contributed by atoms with Crippen molar-refractivity contribution in [1.82, 2.24) is 0 Å². The Bertz CT molecular complexity index is 1140. The van der Waals surface area contributed by atoms with Gasteiger partial charge in [0.2, 0.25) is 5.78 Å². The maximum absolute atomic E-state index is 13.1. The van der Waals surface area contributed by atoms with E-state index in [2.05, 4.69) is 0 Å². The van der Waals surface area contributed by atoms with E-state index < -0.39 is 28.9 Å². The van der Waals surface area contributed by atoms with Crippen LogP contribution in [0.5, 0.6) is 17.2 Å². The molecule has 0 fully saturated rings. The van der Waals surface area contributed by atoms with Crippen molar-refractivity contribution in [3.63, 3.8) is 0 Å². The second-order valence-corrected chi connectivity index (χ2v) is 6.66. The van der Waals surface area contributed by atoms with Gasteiger partial charge in [-0.2, -0.15) is 0 Å². The molecule has 1 spiro atoms. The van der Waals surface area contributed by atoms with Gasteiger partial charge >= 0.3 is 17.4 Å². The van der Waals surface area contributed by atoms with E-state index in [0.29, 0.717) is 16.9 Å². The van der Waals surface area contributed by atoms with Gasteiger partial charge in [-0.25, -0.2) is 4.79 Å². The fraction of sp³-hybridized carbons (Fsp3) is 0.143. The molecule has 0 radical (unpaired) electrons. The van der Waals surface area contributed by atoms with Gasteiger partial charge in [0.1, 0.15) is 17.2 Å². The highest BCUT2D eigenvalue weighted by molar-refractivity contribution is 6.21. The Kier molecular flexibility index (Phi) is 3.10.